The van der Waals surface area contributed by atoms with Gasteiger partial charge in [0.05, 0.1) is 12.2 Å². The monoisotopic (exact) mass is 278 g/mol. The lowest BCUT2D eigenvalue weighted by Gasteiger charge is -2.28. The fraction of sp³-hybridized carbons (Fsp3) is 0.714. The van der Waals surface area contributed by atoms with Crippen LogP contribution in [0.1, 0.15) is 36.2 Å². The zero-order chi connectivity index (χ0) is 13.4. The third-order valence-corrected chi connectivity index (χ3v) is 5.56. The van der Waals surface area contributed by atoms with Gasteiger partial charge < -0.3 is 5.32 Å². The molecule has 2 unspecified atom stereocenters. The van der Waals surface area contributed by atoms with Crippen LogP contribution in [-0.2, 0) is 13.6 Å². The molecule has 1 saturated carbocycles. The number of aliphatic imine (C=N–C) groups is 1. The van der Waals surface area contributed by atoms with Crippen molar-refractivity contribution in [2.45, 2.75) is 45.7 Å². The van der Waals surface area contributed by atoms with Crippen LogP contribution in [0.2, 0.25) is 0 Å². The topological polar surface area (TPSA) is 42.2 Å². The van der Waals surface area contributed by atoms with E-state index in [1.54, 1.807) is 0 Å². The second-order valence-electron chi connectivity index (χ2n) is 5.65. The minimum Gasteiger partial charge on any atom is -0.362 e. The Morgan fingerprint density at radius 1 is 1.42 bits per heavy atom. The maximum Gasteiger partial charge on any atom is 0.157 e. The van der Waals surface area contributed by atoms with Crippen LogP contribution in [0.4, 0.5) is 0 Å². The fourth-order valence-electron chi connectivity index (χ4n) is 3.10. The van der Waals surface area contributed by atoms with Crippen molar-refractivity contribution >= 4 is 16.9 Å². The maximum atomic E-state index is 4.76. The van der Waals surface area contributed by atoms with Gasteiger partial charge in [0.2, 0.25) is 0 Å². The highest BCUT2D eigenvalue weighted by Gasteiger charge is 2.31. The molecule has 0 aromatic carbocycles. The number of nitrogens with one attached hydrogen (secondary N) is 1. The molecule has 104 valence electrons. The molecule has 2 fully saturated rings. The molecule has 0 amide bonds. The van der Waals surface area contributed by atoms with Gasteiger partial charge in [0.1, 0.15) is 0 Å². The van der Waals surface area contributed by atoms with Gasteiger partial charge in [-0.1, -0.05) is 18.2 Å². The van der Waals surface area contributed by atoms with Gasteiger partial charge in [-0.05, 0) is 32.6 Å². The molecule has 0 spiro atoms. The third kappa shape index (κ3) is 2.53. The Labute approximate surface area is 119 Å². The zero-order valence-corrected chi connectivity index (χ0v) is 12.8. The summed E-state index contributed by atoms with van der Waals surface area (Å²) >= 11 is 1.89. The number of hydrogen-bond donors (Lipinski definition) is 1. The standard InChI is InChI=1S/C14H22N4S/c1-9-12(10(2)18(3)17-9)7-15-14-16-13-6-4-5-11(13)8-19-14/h11,13H,4-8H2,1-3H3,(H,15,16). The van der Waals surface area contributed by atoms with Crippen LogP contribution in [0.15, 0.2) is 4.99 Å². The van der Waals surface area contributed by atoms with Gasteiger partial charge in [-0.15, -0.1) is 0 Å². The smallest absolute Gasteiger partial charge is 0.157 e. The van der Waals surface area contributed by atoms with Crippen LogP contribution in [0.5, 0.6) is 0 Å². The first kappa shape index (κ1) is 13.0. The van der Waals surface area contributed by atoms with E-state index in [-0.39, 0.29) is 0 Å². The minimum absolute atomic E-state index is 0.677. The summed E-state index contributed by atoms with van der Waals surface area (Å²) in [6.45, 7) is 4.93. The van der Waals surface area contributed by atoms with Gasteiger partial charge in [-0.25, -0.2) is 0 Å². The molecule has 2 atom stereocenters. The summed E-state index contributed by atoms with van der Waals surface area (Å²) in [4.78, 5) is 4.76. The molecule has 2 heterocycles. The number of aromatic nitrogens is 2. The fourth-order valence-corrected chi connectivity index (χ4v) is 4.26. The van der Waals surface area contributed by atoms with Crippen molar-refractivity contribution in [3.8, 4) is 0 Å². The van der Waals surface area contributed by atoms with Gasteiger partial charge in [0.25, 0.3) is 0 Å². The Hall–Kier alpha value is -0.970. The molecule has 3 rings (SSSR count). The molecule has 1 aliphatic carbocycles. The molecule has 4 nitrogen and oxygen atoms in total. The molecule has 0 radical (unpaired) electrons. The van der Waals surface area contributed by atoms with Crippen LogP contribution in [0.3, 0.4) is 0 Å². The second-order valence-corrected chi connectivity index (χ2v) is 6.66. The van der Waals surface area contributed by atoms with Crippen molar-refractivity contribution in [2.24, 2.45) is 18.0 Å². The second kappa shape index (κ2) is 5.19. The molecule has 19 heavy (non-hydrogen) atoms. The summed E-state index contributed by atoms with van der Waals surface area (Å²) in [5.41, 5.74) is 3.59. The SMILES string of the molecule is Cc1nn(C)c(C)c1CN=C1NC2CCCC2CS1. The van der Waals surface area contributed by atoms with Gasteiger partial charge in [0.15, 0.2) is 5.17 Å². The maximum absolute atomic E-state index is 4.76. The lowest BCUT2D eigenvalue weighted by Crippen LogP contribution is -2.41. The summed E-state index contributed by atoms with van der Waals surface area (Å²) in [5, 5.41) is 9.20. The van der Waals surface area contributed by atoms with Crippen molar-refractivity contribution in [3.63, 3.8) is 0 Å². The molecule has 0 bridgehead atoms. The van der Waals surface area contributed by atoms with E-state index in [0.29, 0.717) is 6.04 Å². The van der Waals surface area contributed by atoms with E-state index in [4.69, 9.17) is 4.99 Å². The van der Waals surface area contributed by atoms with E-state index in [9.17, 15) is 0 Å². The van der Waals surface area contributed by atoms with E-state index in [2.05, 4.69) is 24.3 Å². The number of rotatable bonds is 2. The summed E-state index contributed by atoms with van der Waals surface area (Å²) in [5.74, 6) is 2.10. The number of amidine groups is 1. The molecular formula is C14H22N4S. The van der Waals surface area contributed by atoms with Crippen molar-refractivity contribution in [1.82, 2.24) is 15.1 Å². The zero-order valence-electron chi connectivity index (χ0n) is 11.9. The van der Waals surface area contributed by atoms with Crippen molar-refractivity contribution in [1.29, 1.82) is 0 Å². The predicted octanol–water partition coefficient (Wildman–Crippen LogP) is 2.40. The number of thioether (sulfide) groups is 1. The first-order valence-electron chi connectivity index (χ1n) is 7.08. The summed E-state index contributed by atoms with van der Waals surface area (Å²) in [6, 6.07) is 0.677. The highest BCUT2D eigenvalue weighted by Crippen LogP contribution is 2.32. The highest BCUT2D eigenvalue weighted by molar-refractivity contribution is 8.13. The van der Waals surface area contributed by atoms with Crippen molar-refractivity contribution in [2.75, 3.05) is 5.75 Å². The van der Waals surface area contributed by atoms with Crippen LogP contribution < -0.4 is 5.32 Å². The summed E-state index contributed by atoms with van der Waals surface area (Å²) in [6.07, 6.45) is 4.07. The Morgan fingerprint density at radius 2 is 2.26 bits per heavy atom. The Bertz CT molecular complexity index is 506. The van der Waals surface area contributed by atoms with Gasteiger partial charge in [-0.2, -0.15) is 5.10 Å². The molecule has 5 heteroatoms. The minimum atomic E-state index is 0.677. The first-order valence-corrected chi connectivity index (χ1v) is 8.06. The van der Waals surface area contributed by atoms with Gasteiger partial charge >= 0.3 is 0 Å². The largest absolute Gasteiger partial charge is 0.362 e. The van der Waals surface area contributed by atoms with Crippen LogP contribution >= 0.6 is 11.8 Å². The number of hydrogen-bond acceptors (Lipinski definition) is 3. The average Bonchev–Trinajstić information content (AvgIpc) is 2.94. The lowest BCUT2D eigenvalue weighted by molar-refractivity contribution is 0.489. The van der Waals surface area contributed by atoms with E-state index < -0.39 is 0 Å². The average molecular weight is 278 g/mol. The van der Waals surface area contributed by atoms with E-state index in [1.165, 1.54) is 36.3 Å². The summed E-state index contributed by atoms with van der Waals surface area (Å²) in [7, 11) is 2.00. The van der Waals surface area contributed by atoms with E-state index >= 15 is 0 Å². The molecule has 1 aromatic rings. The Balaban J connectivity index is 1.69. The molecule has 1 saturated heterocycles. The van der Waals surface area contributed by atoms with Crippen LogP contribution in [0, 0.1) is 19.8 Å². The predicted molar refractivity (Wildman–Crippen MR) is 80.5 cm³/mol. The van der Waals surface area contributed by atoms with E-state index in [0.717, 1.165) is 23.3 Å². The van der Waals surface area contributed by atoms with Crippen molar-refractivity contribution < 1.29 is 0 Å². The molecule has 1 aromatic heterocycles. The number of aryl methyl sites for hydroxylation is 2. The molecular weight excluding hydrogens is 256 g/mol. The van der Waals surface area contributed by atoms with Crippen LogP contribution in [0.25, 0.3) is 0 Å². The summed E-state index contributed by atoms with van der Waals surface area (Å²) < 4.78 is 1.94. The Kier molecular flexibility index (Phi) is 3.56. The Morgan fingerprint density at radius 3 is 3.00 bits per heavy atom. The quantitative estimate of drug-likeness (QED) is 0.903. The third-order valence-electron chi connectivity index (χ3n) is 4.44. The molecule has 1 aliphatic heterocycles. The normalized spacial score (nSPS) is 28.5. The molecule has 2 aliphatic rings. The van der Waals surface area contributed by atoms with Crippen LogP contribution in [-0.4, -0.2) is 26.7 Å². The lowest BCUT2D eigenvalue weighted by atomic mass is 10.1. The van der Waals surface area contributed by atoms with Crippen molar-refractivity contribution in [3.05, 3.63) is 17.0 Å². The molecule has 1 N–H and O–H groups in total. The van der Waals surface area contributed by atoms with Gasteiger partial charge in [-0.3, -0.25) is 9.67 Å². The van der Waals surface area contributed by atoms with E-state index in [1.807, 2.05) is 23.5 Å². The first-order chi connectivity index (χ1) is 9.15. The van der Waals surface area contributed by atoms with Gasteiger partial charge in [0, 0.05) is 30.1 Å². The number of nitrogens with zero attached hydrogens (tertiary/aromatic N) is 3. The highest BCUT2D eigenvalue weighted by atomic mass is 32.2. The number of fused-ring (bicyclic) bond motifs is 1.